The largest absolute Gasteiger partial charge is 0.365 e. The summed E-state index contributed by atoms with van der Waals surface area (Å²) in [5.74, 6) is 3.19. The molecule has 4 fully saturated rings. The Bertz CT molecular complexity index is 2780. The lowest BCUT2D eigenvalue weighted by Gasteiger charge is -2.44. The van der Waals surface area contributed by atoms with Crippen molar-refractivity contribution in [3.63, 3.8) is 0 Å². The number of anilines is 3. The number of para-hydroxylation sites is 2. The van der Waals surface area contributed by atoms with Crippen LogP contribution in [-0.4, -0.2) is 18.6 Å². The maximum Gasteiger partial charge on any atom is 0.0451 e. The molecule has 0 heterocycles. The average molecular weight is 863 g/mol. The van der Waals surface area contributed by atoms with Crippen molar-refractivity contribution in [2.45, 2.75) is 127 Å². The second-order valence-corrected chi connectivity index (χ2v) is 21.4. The van der Waals surface area contributed by atoms with Gasteiger partial charge in [-0.05, 0) is 172 Å². The minimum absolute atomic E-state index is 0.553. The Morgan fingerprint density at radius 3 is 1.52 bits per heavy atom. The van der Waals surface area contributed by atoms with Crippen LogP contribution in [0.25, 0.3) is 55.3 Å². The van der Waals surface area contributed by atoms with Crippen molar-refractivity contribution < 1.29 is 0 Å². The molecular weight excluding hydrogens is 797 g/mol. The SMILES string of the molecule is c1ccc(-c2c3c(c(-c4ccccc4)c4c2C2CCCC5CC(CN(c6ccccc6)c6ccccc6)CCC4C52)-c2cccc4c(N(C5CCCCC5)C5CCCCC5)ccc-3c24)cc1. The van der Waals surface area contributed by atoms with Crippen LogP contribution in [0.3, 0.4) is 0 Å². The normalized spacial score (nSPS) is 23.5. The van der Waals surface area contributed by atoms with Crippen LogP contribution in [0.1, 0.15) is 126 Å². The van der Waals surface area contributed by atoms with Gasteiger partial charge in [-0.3, -0.25) is 0 Å². The zero-order chi connectivity index (χ0) is 43.6. The van der Waals surface area contributed by atoms with Gasteiger partial charge in [-0.15, -0.1) is 0 Å². The predicted octanol–water partition coefficient (Wildman–Crippen LogP) is 17.5. The van der Waals surface area contributed by atoms with Gasteiger partial charge in [-0.25, -0.2) is 0 Å². The number of hydrogen-bond acceptors (Lipinski definition) is 2. The highest BCUT2D eigenvalue weighted by molar-refractivity contribution is 6.24. The molecule has 6 aliphatic rings. The van der Waals surface area contributed by atoms with Crippen molar-refractivity contribution in [1.82, 2.24) is 0 Å². The third-order valence-electron chi connectivity index (χ3n) is 17.9. The Labute approximate surface area is 394 Å². The van der Waals surface area contributed by atoms with Crippen molar-refractivity contribution in [1.29, 1.82) is 0 Å². The van der Waals surface area contributed by atoms with Crippen LogP contribution in [0, 0.1) is 17.8 Å². The van der Waals surface area contributed by atoms with E-state index in [0.29, 0.717) is 35.8 Å². The quantitative estimate of drug-likeness (QED) is 0.143. The maximum absolute atomic E-state index is 3.01. The lowest BCUT2D eigenvalue weighted by molar-refractivity contribution is 0.180. The van der Waals surface area contributed by atoms with Crippen molar-refractivity contribution in [3.8, 4) is 44.5 Å². The van der Waals surface area contributed by atoms with E-state index in [1.165, 1.54) is 164 Å². The van der Waals surface area contributed by atoms with Gasteiger partial charge in [0.1, 0.15) is 0 Å². The first-order chi connectivity index (χ1) is 32.8. The summed E-state index contributed by atoms with van der Waals surface area (Å²) in [6.45, 7) is 1.07. The third kappa shape index (κ3) is 6.79. The molecule has 0 amide bonds. The smallest absolute Gasteiger partial charge is 0.0451 e. The number of fused-ring (bicyclic) bond motifs is 6. The first-order valence-electron chi connectivity index (χ1n) is 26.4. The van der Waals surface area contributed by atoms with Crippen molar-refractivity contribution >= 4 is 27.8 Å². The fraction of sp³-hybridized carbons (Fsp3) is 0.375. The summed E-state index contributed by atoms with van der Waals surface area (Å²) in [6.07, 6.45) is 21.5. The van der Waals surface area contributed by atoms with E-state index in [4.69, 9.17) is 0 Å². The molecule has 332 valence electrons. The van der Waals surface area contributed by atoms with Crippen molar-refractivity contribution in [2.24, 2.45) is 17.8 Å². The minimum Gasteiger partial charge on any atom is -0.365 e. The van der Waals surface area contributed by atoms with Gasteiger partial charge >= 0.3 is 0 Å². The summed E-state index contributed by atoms with van der Waals surface area (Å²) in [6, 6.07) is 59.9. The Balaban J connectivity index is 1.00. The van der Waals surface area contributed by atoms with E-state index >= 15 is 0 Å². The average Bonchev–Trinajstić information content (AvgIpc) is 3.82. The molecule has 13 rings (SSSR count). The Hall–Kier alpha value is -5.60. The third-order valence-corrected chi connectivity index (χ3v) is 17.9. The van der Waals surface area contributed by atoms with Gasteiger partial charge in [-0.1, -0.05) is 173 Å². The Kier molecular flexibility index (Phi) is 10.6. The first kappa shape index (κ1) is 40.7. The van der Waals surface area contributed by atoms with E-state index in [-0.39, 0.29) is 0 Å². The summed E-state index contributed by atoms with van der Waals surface area (Å²) in [4.78, 5) is 5.64. The molecule has 0 radical (unpaired) electrons. The standard InChI is InChI=1S/C64H66N2/c1-7-21-44(22-8-1)58-61-52-35-19-25-46-41-43(42-65(47-26-11-3-12-27-47)48-28-13-4-14-29-48)37-38-54(57(46)52)63(61)59(45-23-9-2-10-24-45)62-53-36-20-34-51-56(40-39-55(60(51)53)64(58)62)66(49-30-15-5-16-31-49)50-32-17-6-18-33-50/h1-4,7-14,20-24,26-29,34,36,39-40,43,46,49-50,52,54,57H,5-6,15-19,25,30-33,35,37-38,41-42H2. The molecule has 2 nitrogen and oxygen atoms in total. The Morgan fingerprint density at radius 1 is 0.409 bits per heavy atom. The van der Waals surface area contributed by atoms with E-state index in [9.17, 15) is 0 Å². The molecule has 7 aromatic carbocycles. The second-order valence-electron chi connectivity index (χ2n) is 21.4. The molecule has 5 atom stereocenters. The number of hydrogen-bond donors (Lipinski definition) is 0. The van der Waals surface area contributed by atoms with Gasteiger partial charge < -0.3 is 9.80 Å². The maximum atomic E-state index is 3.01. The lowest BCUT2D eigenvalue weighted by atomic mass is 9.67. The lowest BCUT2D eigenvalue weighted by Crippen LogP contribution is -2.45. The van der Waals surface area contributed by atoms with Crippen LogP contribution in [0.15, 0.2) is 152 Å². The van der Waals surface area contributed by atoms with Crippen molar-refractivity contribution in [2.75, 3.05) is 16.3 Å². The number of nitrogens with zero attached hydrogens (tertiary/aromatic N) is 2. The monoisotopic (exact) mass is 863 g/mol. The van der Waals surface area contributed by atoms with E-state index < -0.39 is 0 Å². The summed E-state index contributed by atoms with van der Waals surface area (Å²) >= 11 is 0. The zero-order valence-corrected chi connectivity index (χ0v) is 38.9. The van der Waals surface area contributed by atoms with Gasteiger partial charge in [0.25, 0.3) is 0 Å². The molecule has 0 aliphatic heterocycles. The van der Waals surface area contributed by atoms with Gasteiger partial charge in [-0.2, -0.15) is 0 Å². The molecule has 2 heteroatoms. The molecule has 5 unspecified atom stereocenters. The number of rotatable bonds is 9. The van der Waals surface area contributed by atoms with E-state index in [2.05, 4.69) is 161 Å². The fourth-order valence-corrected chi connectivity index (χ4v) is 15.4. The van der Waals surface area contributed by atoms with Crippen LogP contribution in [0.2, 0.25) is 0 Å². The Morgan fingerprint density at radius 2 is 0.939 bits per heavy atom. The van der Waals surface area contributed by atoms with E-state index in [1.54, 1.807) is 22.3 Å². The molecule has 0 spiro atoms. The molecule has 4 saturated carbocycles. The topological polar surface area (TPSA) is 6.48 Å². The van der Waals surface area contributed by atoms with Gasteiger partial charge in [0.2, 0.25) is 0 Å². The molecule has 0 aromatic heterocycles. The minimum atomic E-state index is 0.553. The molecule has 7 aromatic rings. The molecule has 0 bridgehead atoms. The molecule has 66 heavy (non-hydrogen) atoms. The predicted molar refractivity (Wildman–Crippen MR) is 279 cm³/mol. The second kappa shape index (κ2) is 17.2. The first-order valence-corrected chi connectivity index (χ1v) is 26.4. The summed E-state index contributed by atoms with van der Waals surface area (Å²) in [5, 5.41) is 3.01. The summed E-state index contributed by atoms with van der Waals surface area (Å²) < 4.78 is 0. The van der Waals surface area contributed by atoms with E-state index in [1.807, 2.05) is 0 Å². The number of benzene rings is 7. The van der Waals surface area contributed by atoms with Crippen LogP contribution >= 0.6 is 0 Å². The molecule has 6 aliphatic carbocycles. The molecule has 0 N–H and O–H groups in total. The van der Waals surface area contributed by atoms with Crippen LogP contribution in [0.4, 0.5) is 17.1 Å². The van der Waals surface area contributed by atoms with Gasteiger partial charge in [0.15, 0.2) is 0 Å². The zero-order valence-electron chi connectivity index (χ0n) is 38.9. The highest BCUT2D eigenvalue weighted by Gasteiger charge is 2.52. The van der Waals surface area contributed by atoms with Crippen LogP contribution in [-0.2, 0) is 0 Å². The van der Waals surface area contributed by atoms with Gasteiger partial charge in [0.05, 0.1) is 0 Å². The van der Waals surface area contributed by atoms with Gasteiger partial charge in [0, 0.05) is 41.1 Å². The summed E-state index contributed by atoms with van der Waals surface area (Å²) in [7, 11) is 0. The highest BCUT2D eigenvalue weighted by atomic mass is 15.2. The molecular formula is C64H66N2. The fourth-order valence-electron chi connectivity index (χ4n) is 15.4. The van der Waals surface area contributed by atoms with E-state index in [0.717, 1.165) is 12.5 Å². The molecule has 0 saturated heterocycles. The van der Waals surface area contributed by atoms with Crippen molar-refractivity contribution in [3.05, 3.63) is 163 Å². The van der Waals surface area contributed by atoms with Crippen LogP contribution < -0.4 is 9.80 Å². The van der Waals surface area contributed by atoms with Crippen LogP contribution in [0.5, 0.6) is 0 Å². The summed E-state index contributed by atoms with van der Waals surface area (Å²) in [5.41, 5.74) is 19.5. The highest BCUT2D eigenvalue weighted by Crippen LogP contribution is 2.68.